The van der Waals surface area contributed by atoms with E-state index in [0.29, 0.717) is 13.1 Å². The van der Waals surface area contributed by atoms with E-state index in [1.807, 2.05) is 12.1 Å². The van der Waals surface area contributed by atoms with E-state index < -0.39 is 15.8 Å². The Morgan fingerprint density at radius 1 is 0.962 bits per heavy atom. The SMILES string of the molecule is Cl.O=S(=O)(c1ccc(F)cc1)N1Cc2cccc(N3CCNCC3)c2C1. The van der Waals surface area contributed by atoms with Crippen LogP contribution in [0.15, 0.2) is 47.4 Å². The van der Waals surface area contributed by atoms with Gasteiger partial charge < -0.3 is 10.2 Å². The molecule has 0 unspecified atom stereocenters. The first-order valence-electron chi connectivity index (χ1n) is 8.38. The van der Waals surface area contributed by atoms with E-state index in [0.717, 1.165) is 43.0 Å². The van der Waals surface area contributed by atoms with Crippen LogP contribution in [-0.2, 0) is 23.1 Å². The molecule has 0 saturated carbocycles. The summed E-state index contributed by atoms with van der Waals surface area (Å²) in [6.45, 7) is 4.41. The summed E-state index contributed by atoms with van der Waals surface area (Å²) in [6.07, 6.45) is 0. The molecule has 2 heterocycles. The summed E-state index contributed by atoms with van der Waals surface area (Å²) in [7, 11) is -3.63. The number of rotatable bonds is 3. The van der Waals surface area contributed by atoms with Crippen molar-refractivity contribution in [1.82, 2.24) is 9.62 Å². The van der Waals surface area contributed by atoms with Crippen LogP contribution in [0.5, 0.6) is 0 Å². The number of fused-ring (bicyclic) bond motifs is 1. The van der Waals surface area contributed by atoms with Crippen molar-refractivity contribution in [3.63, 3.8) is 0 Å². The molecule has 26 heavy (non-hydrogen) atoms. The Morgan fingerprint density at radius 3 is 2.35 bits per heavy atom. The highest BCUT2D eigenvalue weighted by Gasteiger charge is 2.32. The number of benzene rings is 2. The molecule has 0 bridgehead atoms. The van der Waals surface area contributed by atoms with Crippen LogP contribution in [0.2, 0.25) is 0 Å². The third-order valence-electron chi connectivity index (χ3n) is 4.84. The molecule has 4 rings (SSSR count). The summed E-state index contributed by atoms with van der Waals surface area (Å²) in [5, 5.41) is 3.33. The van der Waals surface area contributed by atoms with E-state index in [1.165, 1.54) is 28.6 Å². The summed E-state index contributed by atoms with van der Waals surface area (Å²) in [4.78, 5) is 2.44. The van der Waals surface area contributed by atoms with Crippen molar-refractivity contribution in [3.05, 3.63) is 59.4 Å². The summed E-state index contributed by atoms with van der Waals surface area (Å²) < 4.78 is 40.3. The first-order chi connectivity index (χ1) is 12.1. The minimum absolute atomic E-state index is 0. The number of nitrogens with one attached hydrogen (secondary N) is 1. The van der Waals surface area contributed by atoms with Crippen LogP contribution in [0.25, 0.3) is 0 Å². The fourth-order valence-electron chi connectivity index (χ4n) is 3.50. The Hall–Kier alpha value is -1.67. The Balaban J connectivity index is 0.00000196. The van der Waals surface area contributed by atoms with Gasteiger partial charge in [0, 0.05) is 45.0 Å². The number of piperazine rings is 1. The minimum atomic E-state index is -3.63. The molecular weight excluding hydrogens is 377 g/mol. The number of nitrogens with zero attached hydrogens (tertiary/aromatic N) is 2. The number of anilines is 1. The second-order valence-electron chi connectivity index (χ2n) is 6.38. The van der Waals surface area contributed by atoms with Crippen LogP contribution < -0.4 is 10.2 Å². The summed E-state index contributed by atoms with van der Waals surface area (Å²) in [6, 6.07) is 11.1. The Morgan fingerprint density at radius 2 is 1.65 bits per heavy atom. The van der Waals surface area contributed by atoms with Crippen molar-refractivity contribution >= 4 is 28.1 Å². The molecule has 0 atom stereocenters. The predicted octanol–water partition coefficient (Wildman–Crippen LogP) is 2.36. The lowest BCUT2D eigenvalue weighted by molar-refractivity contribution is 0.431. The highest BCUT2D eigenvalue weighted by molar-refractivity contribution is 7.89. The molecule has 0 aliphatic carbocycles. The largest absolute Gasteiger partial charge is 0.369 e. The van der Waals surface area contributed by atoms with Crippen molar-refractivity contribution in [2.24, 2.45) is 0 Å². The topological polar surface area (TPSA) is 52.7 Å². The van der Waals surface area contributed by atoms with Gasteiger partial charge in [-0.05, 0) is 41.5 Å². The van der Waals surface area contributed by atoms with E-state index in [-0.39, 0.29) is 17.3 Å². The molecule has 2 aromatic rings. The molecule has 0 radical (unpaired) electrons. The van der Waals surface area contributed by atoms with Crippen molar-refractivity contribution in [2.45, 2.75) is 18.0 Å². The fraction of sp³-hybridized carbons (Fsp3) is 0.333. The van der Waals surface area contributed by atoms with Crippen LogP contribution in [-0.4, -0.2) is 38.9 Å². The average Bonchev–Trinajstić information content (AvgIpc) is 3.08. The summed E-state index contributed by atoms with van der Waals surface area (Å²) >= 11 is 0. The number of sulfonamides is 1. The standard InChI is InChI=1S/C18H20FN3O2S.ClH/c19-15-4-6-16(7-5-15)25(23,24)22-12-14-2-1-3-18(17(14)13-22)21-10-8-20-9-11-21;/h1-7,20H,8-13H2;1H. The van der Waals surface area contributed by atoms with Crippen molar-refractivity contribution in [2.75, 3.05) is 31.1 Å². The molecule has 2 aliphatic rings. The average molecular weight is 398 g/mol. The molecule has 0 aromatic heterocycles. The zero-order valence-corrected chi connectivity index (χ0v) is 15.8. The Kier molecular flexibility index (Phi) is 5.53. The highest BCUT2D eigenvalue weighted by atomic mass is 35.5. The maximum atomic E-state index is 13.1. The maximum absolute atomic E-state index is 13.1. The van der Waals surface area contributed by atoms with Gasteiger partial charge in [-0.15, -0.1) is 12.4 Å². The van der Waals surface area contributed by atoms with Gasteiger partial charge in [0.05, 0.1) is 4.90 Å². The molecule has 8 heteroatoms. The molecule has 0 spiro atoms. The van der Waals surface area contributed by atoms with Gasteiger partial charge in [-0.3, -0.25) is 0 Å². The van der Waals surface area contributed by atoms with Gasteiger partial charge >= 0.3 is 0 Å². The molecule has 1 N–H and O–H groups in total. The number of hydrogen-bond acceptors (Lipinski definition) is 4. The molecule has 1 fully saturated rings. The van der Waals surface area contributed by atoms with Crippen LogP contribution in [0, 0.1) is 5.82 Å². The quantitative estimate of drug-likeness (QED) is 0.863. The predicted molar refractivity (Wildman–Crippen MR) is 102 cm³/mol. The van der Waals surface area contributed by atoms with Gasteiger partial charge in [0.1, 0.15) is 5.82 Å². The monoisotopic (exact) mass is 397 g/mol. The van der Waals surface area contributed by atoms with E-state index in [4.69, 9.17) is 0 Å². The third-order valence-corrected chi connectivity index (χ3v) is 6.64. The molecule has 140 valence electrons. The van der Waals surface area contributed by atoms with Gasteiger partial charge in [0.2, 0.25) is 10.0 Å². The molecule has 1 saturated heterocycles. The molecule has 2 aliphatic heterocycles. The van der Waals surface area contributed by atoms with Crippen molar-refractivity contribution in [3.8, 4) is 0 Å². The molecular formula is C18H21ClFN3O2S. The Bertz CT molecular complexity index is 884. The summed E-state index contributed by atoms with van der Waals surface area (Å²) in [5.41, 5.74) is 3.24. The van der Waals surface area contributed by atoms with Crippen molar-refractivity contribution < 1.29 is 12.8 Å². The Labute approximate surface area is 159 Å². The smallest absolute Gasteiger partial charge is 0.243 e. The number of halogens is 2. The zero-order chi connectivity index (χ0) is 17.4. The van der Waals surface area contributed by atoms with E-state index >= 15 is 0 Å². The van der Waals surface area contributed by atoms with Crippen LogP contribution in [0.1, 0.15) is 11.1 Å². The van der Waals surface area contributed by atoms with Gasteiger partial charge in [-0.25, -0.2) is 12.8 Å². The number of hydrogen-bond donors (Lipinski definition) is 1. The molecule has 2 aromatic carbocycles. The van der Waals surface area contributed by atoms with E-state index in [1.54, 1.807) is 0 Å². The van der Waals surface area contributed by atoms with Crippen LogP contribution in [0.3, 0.4) is 0 Å². The lowest BCUT2D eigenvalue weighted by atomic mass is 10.1. The van der Waals surface area contributed by atoms with E-state index in [9.17, 15) is 12.8 Å². The van der Waals surface area contributed by atoms with Crippen LogP contribution in [0.4, 0.5) is 10.1 Å². The van der Waals surface area contributed by atoms with E-state index in [2.05, 4.69) is 16.3 Å². The highest BCUT2D eigenvalue weighted by Crippen LogP contribution is 2.34. The zero-order valence-electron chi connectivity index (χ0n) is 14.2. The normalized spacial score (nSPS) is 17.7. The third kappa shape index (κ3) is 3.44. The second-order valence-corrected chi connectivity index (χ2v) is 8.32. The first kappa shape index (κ1) is 19.1. The van der Waals surface area contributed by atoms with Gasteiger partial charge in [0.15, 0.2) is 0 Å². The van der Waals surface area contributed by atoms with Gasteiger partial charge in [0.25, 0.3) is 0 Å². The fourth-order valence-corrected chi connectivity index (χ4v) is 4.89. The maximum Gasteiger partial charge on any atom is 0.243 e. The van der Waals surface area contributed by atoms with Gasteiger partial charge in [-0.1, -0.05) is 12.1 Å². The lowest BCUT2D eigenvalue weighted by Gasteiger charge is -2.31. The second kappa shape index (κ2) is 7.52. The molecule has 0 amide bonds. The lowest BCUT2D eigenvalue weighted by Crippen LogP contribution is -2.43. The minimum Gasteiger partial charge on any atom is -0.369 e. The van der Waals surface area contributed by atoms with Crippen molar-refractivity contribution in [1.29, 1.82) is 0 Å². The first-order valence-corrected chi connectivity index (χ1v) is 9.82. The van der Waals surface area contributed by atoms with Gasteiger partial charge in [-0.2, -0.15) is 4.31 Å². The summed E-state index contributed by atoms with van der Waals surface area (Å²) in [5.74, 6) is -0.440. The van der Waals surface area contributed by atoms with Crippen LogP contribution >= 0.6 is 12.4 Å². The molecule has 5 nitrogen and oxygen atoms in total.